The SMILES string of the molecule is COc1ccccc1OCC(=O)NCc1cc(-c2ccoc2)cs1. The van der Waals surface area contributed by atoms with Crippen LogP contribution in [-0.2, 0) is 11.3 Å². The molecule has 0 fully saturated rings. The number of carbonyl (C=O) groups is 1. The summed E-state index contributed by atoms with van der Waals surface area (Å²) in [4.78, 5) is 13.0. The van der Waals surface area contributed by atoms with E-state index in [0.717, 1.165) is 16.0 Å². The Kier molecular flexibility index (Phi) is 5.18. The molecule has 2 heterocycles. The molecular formula is C18H17NO4S. The van der Waals surface area contributed by atoms with Crippen molar-refractivity contribution >= 4 is 17.2 Å². The standard InChI is InChI=1S/C18H17NO4S/c1-21-16-4-2-3-5-17(16)23-11-18(20)19-9-15-8-14(12-24-15)13-6-7-22-10-13/h2-8,10,12H,9,11H2,1H3,(H,19,20). The summed E-state index contributed by atoms with van der Waals surface area (Å²) in [5.41, 5.74) is 2.12. The molecule has 1 aromatic carbocycles. The second-order valence-electron chi connectivity index (χ2n) is 5.03. The minimum absolute atomic E-state index is 0.0552. The van der Waals surface area contributed by atoms with E-state index in [2.05, 4.69) is 5.32 Å². The van der Waals surface area contributed by atoms with E-state index in [0.29, 0.717) is 18.0 Å². The molecule has 0 saturated heterocycles. The van der Waals surface area contributed by atoms with Crippen LogP contribution in [0.4, 0.5) is 0 Å². The molecule has 0 saturated carbocycles. The van der Waals surface area contributed by atoms with Gasteiger partial charge in [0.25, 0.3) is 5.91 Å². The van der Waals surface area contributed by atoms with Gasteiger partial charge in [0.15, 0.2) is 18.1 Å². The van der Waals surface area contributed by atoms with Crippen molar-refractivity contribution in [2.45, 2.75) is 6.54 Å². The number of rotatable bonds is 7. The highest BCUT2D eigenvalue weighted by atomic mass is 32.1. The molecule has 0 radical (unpaired) electrons. The summed E-state index contributed by atoms with van der Waals surface area (Å²) in [6, 6.07) is 11.2. The molecule has 0 aliphatic rings. The van der Waals surface area contributed by atoms with Crippen LogP contribution >= 0.6 is 11.3 Å². The van der Waals surface area contributed by atoms with E-state index in [1.807, 2.05) is 29.6 Å². The predicted molar refractivity (Wildman–Crippen MR) is 92.4 cm³/mol. The molecule has 0 bridgehead atoms. The first-order valence-corrected chi connectivity index (χ1v) is 8.26. The van der Waals surface area contributed by atoms with Crippen LogP contribution in [0.3, 0.4) is 0 Å². The number of hydrogen-bond acceptors (Lipinski definition) is 5. The van der Waals surface area contributed by atoms with Gasteiger partial charge in [0.2, 0.25) is 0 Å². The lowest BCUT2D eigenvalue weighted by Gasteiger charge is -2.10. The van der Waals surface area contributed by atoms with Crippen LogP contribution in [-0.4, -0.2) is 19.6 Å². The fourth-order valence-electron chi connectivity index (χ4n) is 2.17. The third kappa shape index (κ3) is 3.97. The topological polar surface area (TPSA) is 60.7 Å². The quantitative estimate of drug-likeness (QED) is 0.710. The molecule has 1 N–H and O–H groups in total. The lowest BCUT2D eigenvalue weighted by molar-refractivity contribution is -0.123. The third-order valence-corrected chi connectivity index (χ3v) is 4.33. The molecule has 124 valence electrons. The summed E-state index contributed by atoms with van der Waals surface area (Å²) in [6.45, 7) is 0.414. The van der Waals surface area contributed by atoms with Crippen LogP contribution in [0, 0.1) is 0 Å². The lowest BCUT2D eigenvalue weighted by Crippen LogP contribution is -2.28. The Balaban J connectivity index is 1.49. The largest absolute Gasteiger partial charge is 0.493 e. The van der Waals surface area contributed by atoms with Gasteiger partial charge >= 0.3 is 0 Å². The molecule has 0 aliphatic heterocycles. The van der Waals surface area contributed by atoms with Crippen molar-refractivity contribution in [3.8, 4) is 22.6 Å². The highest BCUT2D eigenvalue weighted by Crippen LogP contribution is 2.26. The molecule has 0 unspecified atom stereocenters. The van der Waals surface area contributed by atoms with Gasteiger partial charge in [-0.2, -0.15) is 0 Å². The van der Waals surface area contributed by atoms with Gasteiger partial charge in [-0.25, -0.2) is 0 Å². The van der Waals surface area contributed by atoms with Crippen LogP contribution < -0.4 is 14.8 Å². The molecule has 0 aliphatic carbocycles. The first kappa shape index (κ1) is 16.1. The number of furan rings is 1. The van der Waals surface area contributed by atoms with Crippen molar-refractivity contribution in [2.24, 2.45) is 0 Å². The number of amides is 1. The maximum Gasteiger partial charge on any atom is 0.258 e. The van der Waals surface area contributed by atoms with Gasteiger partial charge in [0.05, 0.1) is 26.2 Å². The number of thiophene rings is 1. The van der Waals surface area contributed by atoms with E-state index >= 15 is 0 Å². The molecule has 3 rings (SSSR count). The molecule has 6 heteroatoms. The van der Waals surface area contributed by atoms with Gasteiger partial charge in [-0.3, -0.25) is 4.79 Å². The van der Waals surface area contributed by atoms with Crippen molar-refractivity contribution in [3.63, 3.8) is 0 Å². The van der Waals surface area contributed by atoms with Crippen molar-refractivity contribution in [1.29, 1.82) is 0 Å². The average molecular weight is 343 g/mol. The van der Waals surface area contributed by atoms with Gasteiger partial charge < -0.3 is 19.2 Å². The van der Waals surface area contributed by atoms with Crippen molar-refractivity contribution in [3.05, 3.63) is 59.2 Å². The van der Waals surface area contributed by atoms with Crippen LogP contribution in [0.25, 0.3) is 11.1 Å². The summed E-state index contributed by atoms with van der Waals surface area (Å²) in [5.74, 6) is 0.973. The number of methoxy groups -OCH3 is 1. The van der Waals surface area contributed by atoms with Gasteiger partial charge in [0.1, 0.15) is 0 Å². The second-order valence-corrected chi connectivity index (χ2v) is 6.03. The summed E-state index contributed by atoms with van der Waals surface area (Å²) >= 11 is 1.59. The first-order chi connectivity index (χ1) is 11.8. The van der Waals surface area contributed by atoms with Crippen molar-refractivity contribution in [2.75, 3.05) is 13.7 Å². The Morgan fingerprint density at radius 3 is 2.79 bits per heavy atom. The van der Waals surface area contributed by atoms with E-state index in [-0.39, 0.29) is 12.5 Å². The van der Waals surface area contributed by atoms with Crippen LogP contribution in [0.1, 0.15) is 4.88 Å². The normalized spacial score (nSPS) is 10.4. The van der Waals surface area contributed by atoms with Crippen LogP contribution in [0.2, 0.25) is 0 Å². The Morgan fingerprint density at radius 2 is 2.04 bits per heavy atom. The zero-order chi connectivity index (χ0) is 16.8. The number of nitrogens with one attached hydrogen (secondary N) is 1. The molecular weight excluding hydrogens is 326 g/mol. The molecule has 0 spiro atoms. The molecule has 0 atom stereocenters. The van der Waals surface area contributed by atoms with Gasteiger partial charge in [-0.15, -0.1) is 11.3 Å². The second kappa shape index (κ2) is 7.70. The molecule has 24 heavy (non-hydrogen) atoms. The average Bonchev–Trinajstić information content (AvgIpc) is 3.29. The van der Waals surface area contributed by atoms with Crippen molar-refractivity contribution < 1.29 is 18.7 Å². The minimum atomic E-state index is -0.181. The maximum absolute atomic E-state index is 11.9. The maximum atomic E-state index is 11.9. The van der Waals surface area contributed by atoms with Crippen LogP contribution in [0.15, 0.2) is 58.7 Å². The summed E-state index contributed by atoms with van der Waals surface area (Å²) in [5, 5.41) is 4.89. The molecule has 3 aromatic rings. The van der Waals surface area contributed by atoms with E-state index in [1.54, 1.807) is 43.1 Å². The monoisotopic (exact) mass is 343 g/mol. The smallest absolute Gasteiger partial charge is 0.258 e. The number of para-hydroxylation sites is 2. The molecule has 5 nitrogen and oxygen atoms in total. The Hall–Kier alpha value is -2.73. The van der Waals surface area contributed by atoms with E-state index in [4.69, 9.17) is 13.9 Å². The summed E-state index contributed by atoms with van der Waals surface area (Å²) < 4.78 is 15.8. The summed E-state index contributed by atoms with van der Waals surface area (Å²) in [7, 11) is 1.57. The number of carbonyl (C=O) groups excluding carboxylic acids is 1. The number of hydrogen-bond donors (Lipinski definition) is 1. The van der Waals surface area contributed by atoms with E-state index < -0.39 is 0 Å². The highest BCUT2D eigenvalue weighted by Gasteiger charge is 2.08. The third-order valence-electron chi connectivity index (χ3n) is 3.40. The molecule has 2 aromatic heterocycles. The van der Waals surface area contributed by atoms with Gasteiger partial charge in [-0.05, 0) is 35.2 Å². The Morgan fingerprint density at radius 1 is 1.21 bits per heavy atom. The van der Waals surface area contributed by atoms with E-state index in [1.165, 1.54) is 0 Å². The zero-order valence-electron chi connectivity index (χ0n) is 13.2. The molecule has 1 amide bonds. The Labute approximate surface area is 143 Å². The zero-order valence-corrected chi connectivity index (χ0v) is 14.0. The van der Waals surface area contributed by atoms with E-state index in [9.17, 15) is 4.79 Å². The minimum Gasteiger partial charge on any atom is -0.493 e. The summed E-state index contributed by atoms with van der Waals surface area (Å²) in [6.07, 6.45) is 3.34. The predicted octanol–water partition coefficient (Wildman–Crippen LogP) is 3.71. The lowest BCUT2D eigenvalue weighted by atomic mass is 10.2. The fourth-order valence-corrected chi connectivity index (χ4v) is 3.00. The first-order valence-electron chi connectivity index (χ1n) is 7.39. The van der Waals surface area contributed by atoms with Crippen molar-refractivity contribution in [1.82, 2.24) is 5.32 Å². The Bertz CT molecular complexity index is 795. The van der Waals surface area contributed by atoms with Crippen LogP contribution in [0.5, 0.6) is 11.5 Å². The number of ether oxygens (including phenoxy) is 2. The fraction of sp³-hybridized carbons (Fsp3) is 0.167. The van der Waals surface area contributed by atoms with Gasteiger partial charge in [0, 0.05) is 10.4 Å². The highest BCUT2D eigenvalue weighted by molar-refractivity contribution is 7.10. The number of benzene rings is 1. The van der Waals surface area contributed by atoms with Gasteiger partial charge in [-0.1, -0.05) is 12.1 Å².